The summed E-state index contributed by atoms with van der Waals surface area (Å²) < 4.78 is 16.3. The molecule has 0 amide bonds. The molecule has 0 N–H and O–H groups in total. The van der Waals surface area contributed by atoms with Crippen LogP contribution in [0.5, 0.6) is 0 Å². The lowest BCUT2D eigenvalue weighted by Gasteiger charge is -2.24. The summed E-state index contributed by atoms with van der Waals surface area (Å²) in [6.07, 6.45) is 15.6. The van der Waals surface area contributed by atoms with Crippen LogP contribution in [0, 0.1) is 0 Å². The van der Waals surface area contributed by atoms with Crippen molar-refractivity contribution in [3.05, 3.63) is 0 Å². The topological polar surface area (TPSA) is 46.2 Å². The molecule has 0 saturated carbocycles. The molecule has 0 spiro atoms. The highest BCUT2D eigenvalue weighted by atomic mass is 28.4. The Morgan fingerprint density at radius 1 is 0.520 bits per heavy atom. The monoisotopic (exact) mass is 378 g/mol. The molecule has 0 rings (SSSR count). The Kier molecular flexibility index (Phi) is 18.8. The maximum Gasteiger partial charge on any atom is 0.500 e. The standard InChI is InChI=1S/C19H42O5Si/c1-5-23-24-18-16-14-12-10-8-6-7-9-11-13-15-17-19-25(20-2,21-3)22-4/h5-19H2,1-4H3. The third-order valence-electron chi connectivity index (χ3n) is 4.59. The van der Waals surface area contributed by atoms with Crippen LogP contribution in [0.25, 0.3) is 0 Å². The Morgan fingerprint density at radius 2 is 0.920 bits per heavy atom. The van der Waals surface area contributed by atoms with Crippen LogP contribution in [-0.2, 0) is 23.1 Å². The number of rotatable bonds is 20. The first kappa shape index (κ1) is 25.0. The molecule has 0 aliphatic carbocycles. The Bertz CT molecular complexity index is 254. The van der Waals surface area contributed by atoms with Crippen molar-refractivity contribution in [2.75, 3.05) is 34.5 Å². The maximum absolute atomic E-state index is 5.44. The van der Waals surface area contributed by atoms with E-state index in [2.05, 4.69) is 0 Å². The Hall–Kier alpha value is 0.0169. The zero-order valence-corrected chi connectivity index (χ0v) is 18.1. The third-order valence-corrected chi connectivity index (χ3v) is 7.43. The van der Waals surface area contributed by atoms with E-state index in [9.17, 15) is 0 Å². The van der Waals surface area contributed by atoms with E-state index in [4.69, 9.17) is 23.1 Å². The van der Waals surface area contributed by atoms with Crippen LogP contribution in [0.1, 0.15) is 84.0 Å². The van der Waals surface area contributed by atoms with Gasteiger partial charge < -0.3 is 13.3 Å². The lowest BCUT2D eigenvalue weighted by Crippen LogP contribution is -2.42. The van der Waals surface area contributed by atoms with Gasteiger partial charge >= 0.3 is 8.80 Å². The number of hydrogen-bond acceptors (Lipinski definition) is 5. The fourth-order valence-corrected chi connectivity index (χ4v) is 4.76. The zero-order chi connectivity index (χ0) is 18.6. The molecule has 0 radical (unpaired) electrons. The summed E-state index contributed by atoms with van der Waals surface area (Å²) in [4.78, 5) is 9.86. The van der Waals surface area contributed by atoms with Gasteiger partial charge in [0.15, 0.2) is 0 Å². The zero-order valence-electron chi connectivity index (χ0n) is 17.1. The van der Waals surface area contributed by atoms with Crippen LogP contribution >= 0.6 is 0 Å². The molecule has 0 saturated heterocycles. The van der Waals surface area contributed by atoms with E-state index in [1.807, 2.05) is 6.92 Å². The average Bonchev–Trinajstić information content (AvgIpc) is 2.65. The van der Waals surface area contributed by atoms with E-state index in [0.29, 0.717) is 6.61 Å². The smallest absolute Gasteiger partial charge is 0.377 e. The molecular formula is C19H42O5Si. The highest BCUT2D eigenvalue weighted by Crippen LogP contribution is 2.18. The highest BCUT2D eigenvalue weighted by Gasteiger charge is 2.36. The molecule has 0 aliphatic rings. The summed E-state index contributed by atoms with van der Waals surface area (Å²) in [5.41, 5.74) is 0. The second-order valence-corrected chi connectivity index (χ2v) is 9.61. The molecule has 0 unspecified atom stereocenters. The van der Waals surface area contributed by atoms with E-state index in [1.54, 1.807) is 21.3 Å². The lowest BCUT2D eigenvalue weighted by molar-refractivity contribution is -0.291. The minimum absolute atomic E-state index is 0.635. The van der Waals surface area contributed by atoms with Crippen molar-refractivity contribution in [3.63, 3.8) is 0 Å². The predicted octanol–water partition coefficient (Wildman–Crippen LogP) is 5.51. The van der Waals surface area contributed by atoms with Crippen molar-refractivity contribution in [1.29, 1.82) is 0 Å². The Morgan fingerprint density at radius 3 is 1.32 bits per heavy atom. The largest absolute Gasteiger partial charge is 0.500 e. The van der Waals surface area contributed by atoms with Crippen molar-refractivity contribution in [2.24, 2.45) is 0 Å². The number of unbranched alkanes of at least 4 members (excludes halogenated alkanes) is 11. The quantitative estimate of drug-likeness (QED) is 0.121. The first-order chi connectivity index (χ1) is 12.2. The summed E-state index contributed by atoms with van der Waals surface area (Å²) in [6, 6.07) is 0.923. The van der Waals surface area contributed by atoms with Crippen LogP contribution in [0.15, 0.2) is 0 Å². The normalized spacial score (nSPS) is 12.0. The SMILES string of the molecule is CCOOCCCCCCCCCCCCCC[Si](OC)(OC)OC. The van der Waals surface area contributed by atoms with Gasteiger partial charge in [0.1, 0.15) is 0 Å². The third kappa shape index (κ3) is 14.8. The molecule has 0 aromatic carbocycles. The predicted molar refractivity (Wildman–Crippen MR) is 105 cm³/mol. The minimum atomic E-state index is -2.34. The second kappa shape index (κ2) is 18.8. The van der Waals surface area contributed by atoms with E-state index in [1.165, 1.54) is 64.2 Å². The van der Waals surface area contributed by atoms with E-state index >= 15 is 0 Å². The summed E-state index contributed by atoms with van der Waals surface area (Å²) in [7, 11) is 2.73. The van der Waals surface area contributed by atoms with Gasteiger partial charge in [-0.15, -0.1) is 0 Å². The van der Waals surface area contributed by atoms with Crippen LogP contribution < -0.4 is 0 Å². The molecule has 25 heavy (non-hydrogen) atoms. The van der Waals surface area contributed by atoms with Crippen LogP contribution in [0.2, 0.25) is 6.04 Å². The first-order valence-corrected chi connectivity index (χ1v) is 12.1. The van der Waals surface area contributed by atoms with Crippen molar-refractivity contribution in [2.45, 2.75) is 90.0 Å². The van der Waals surface area contributed by atoms with Gasteiger partial charge in [0.05, 0.1) is 13.2 Å². The summed E-state index contributed by atoms with van der Waals surface area (Å²) in [6.45, 7) is 3.31. The van der Waals surface area contributed by atoms with E-state index in [0.717, 1.165) is 25.5 Å². The van der Waals surface area contributed by atoms with Gasteiger partial charge in [-0.1, -0.05) is 64.2 Å². The molecule has 5 nitrogen and oxygen atoms in total. The van der Waals surface area contributed by atoms with Gasteiger partial charge in [-0.05, 0) is 19.8 Å². The van der Waals surface area contributed by atoms with Crippen molar-refractivity contribution in [3.8, 4) is 0 Å². The van der Waals surface area contributed by atoms with Crippen LogP contribution in [-0.4, -0.2) is 43.3 Å². The molecular weight excluding hydrogens is 336 g/mol. The van der Waals surface area contributed by atoms with Crippen LogP contribution in [0.3, 0.4) is 0 Å². The lowest BCUT2D eigenvalue weighted by atomic mass is 10.1. The van der Waals surface area contributed by atoms with E-state index in [-0.39, 0.29) is 0 Å². The van der Waals surface area contributed by atoms with Gasteiger partial charge in [-0.25, -0.2) is 9.78 Å². The number of hydrogen-bond donors (Lipinski definition) is 0. The molecule has 0 bridgehead atoms. The molecule has 0 fully saturated rings. The van der Waals surface area contributed by atoms with Gasteiger partial charge in [-0.3, -0.25) is 0 Å². The van der Waals surface area contributed by atoms with E-state index < -0.39 is 8.80 Å². The van der Waals surface area contributed by atoms with Gasteiger partial charge in [0.2, 0.25) is 0 Å². The second-order valence-electron chi connectivity index (χ2n) is 6.52. The molecule has 6 heteroatoms. The summed E-state index contributed by atoms with van der Waals surface area (Å²) >= 11 is 0. The van der Waals surface area contributed by atoms with Gasteiger partial charge in [0.25, 0.3) is 0 Å². The first-order valence-electron chi connectivity index (χ1n) is 10.1. The van der Waals surface area contributed by atoms with Crippen molar-refractivity contribution >= 4 is 8.80 Å². The molecule has 0 atom stereocenters. The molecule has 0 aromatic rings. The fraction of sp³-hybridized carbons (Fsp3) is 1.00. The fourth-order valence-electron chi connectivity index (χ4n) is 2.97. The maximum atomic E-state index is 5.44. The molecule has 152 valence electrons. The highest BCUT2D eigenvalue weighted by molar-refractivity contribution is 6.60. The summed E-state index contributed by atoms with van der Waals surface area (Å²) in [5.74, 6) is 0. The molecule has 0 heterocycles. The molecule has 0 aliphatic heterocycles. The van der Waals surface area contributed by atoms with Crippen LogP contribution in [0.4, 0.5) is 0 Å². The molecule has 0 aromatic heterocycles. The van der Waals surface area contributed by atoms with Gasteiger partial charge in [-0.2, -0.15) is 0 Å². The average molecular weight is 379 g/mol. The Balaban J connectivity index is 3.21. The summed E-state index contributed by atoms with van der Waals surface area (Å²) in [5, 5.41) is 0. The minimum Gasteiger partial charge on any atom is -0.377 e. The van der Waals surface area contributed by atoms with Crippen molar-refractivity contribution < 1.29 is 23.1 Å². The van der Waals surface area contributed by atoms with Crippen molar-refractivity contribution in [1.82, 2.24) is 0 Å². The van der Waals surface area contributed by atoms with Gasteiger partial charge in [0, 0.05) is 27.4 Å². The Labute approximate surface area is 157 Å².